The monoisotopic (exact) mass is 299 g/mol. The Kier molecular flexibility index (Phi) is 2.56. The van der Waals surface area contributed by atoms with Gasteiger partial charge in [-0.25, -0.2) is 0 Å². The quantitative estimate of drug-likeness (QED) is 0.909. The SMILES string of the molecule is O=C(NCC1(c2ccc3c(c2)OCO3)CC1)[C@H]1C[C@@H]1C1CC1. The first kappa shape index (κ1) is 12.8. The number of hydrogen-bond donors (Lipinski definition) is 1. The summed E-state index contributed by atoms with van der Waals surface area (Å²) in [7, 11) is 0. The number of nitrogens with one attached hydrogen (secondary N) is 1. The maximum absolute atomic E-state index is 12.3. The molecular weight excluding hydrogens is 278 g/mol. The predicted molar refractivity (Wildman–Crippen MR) is 80.8 cm³/mol. The highest BCUT2D eigenvalue weighted by Crippen LogP contribution is 2.55. The Bertz CT molecular complexity index is 633. The van der Waals surface area contributed by atoms with Crippen molar-refractivity contribution in [2.24, 2.45) is 17.8 Å². The zero-order valence-corrected chi connectivity index (χ0v) is 12.6. The van der Waals surface area contributed by atoms with E-state index < -0.39 is 0 Å². The van der Waals surface area contributed by atoms with Gasteiger partial charge < -0.3 is 14.8 Å². The topological polar surface area (TPSA) is 47.6 Å². The number of hydrogen-bond acceptors (Lipinski definition) is 3. The van der Waals surface area contributed by atoms with Crippen LogP contribution in [0.2, 0.25) is 0 Å². The van der Waals surface area contributed by atoms with E-state index in [0.29, 0.717) is 18.6 Å². The third-order valence-electron chi connectivity index (χ3n) is 5.84. The van der Waals surface area contributed by atoms with E-state index in [0.717, 1.165) is 43.2 Å². The molecule has 4 aliphatic rings. The van der Waals surface area contributed by atoms with E-state index in [1.54, 1.807) is 0 Å². The van der Waals surface area contributed by atoms with Gasteiger partial charge in [0.25, 0.3) is 0 Å². The minimum Gasteiger partial charge on any atom is -0.454 e. The lowest BCUT2D eigenvalue weighted by Crippen LogP contribution is -2.33. The molecule has 1 amide bonds. The maximum atomic E-state index is 12.3. The molecule has 0 bridgehead atoms. The lowest BCUT2D eigenvalue weighted by atomic mass is 9.95. The summed E-state index contributed by atoms with van der Waals surface area (Å²) >= 11 is 0. The molecule has 1 N–H and O–H groups in total. The van der Waals surface area contributed by atoms with Crippen LogP contribution in [0.3, 0.4) is 0 Å². The number of carbonyl (C=O) groups excluding carboxylic acids is 1. The minimum atomic E-state index is 0.126. The van der Waals surface area contributed by atoms with Crippen molar-refractivity contribution in [3.63, 3.8) is 0 Å². The fraction of sp³-hybridized carbons (Fsp3) is 0.611. The van der Waals surface area contributed by atoms with Gasteiger partial charge in [-0.15, -0.1) is 0 Å². The molecule has 2 atom stereocenters. The highest BCUT2D eigenvalue weighted by atomic mass is 16.7. The van der Waals surface area contributed by atoms with Gasteiger partial charge in [0, 0.05) is 17.9 Å². The largest absolute Gasteiger partial charge is 0.454 e. The number of carbonyl (C=O) groups is 1. The number of amides is 1. The second-order valence-electron chi connectivity index (χ2n) is 7.41. The van der Waals surface area contributed by atoms with Crippen LogP contribution in [0.4, 0.5) is 0 Å². The van der Waals surface area contributed by atoms with Gasteiger partial charge in [-0.05, 0) is 61.6 Å². The molecule has 0 saturated heterocycles. The normalized spacial score (nSPS) is 30.0. The molecule has 3 saturated carbocycles. The van der Waals surface area contributed by atoms with Gasteiger partial charge in [0.2, 0.25) is 12.7 Å². The van der Waals surface area contributed by atoms with E-state index in [9.17, 15) is 4.79 Å². The van der Waals surface area contributed by atoms with Crippen LogP contribution in [0.1, 0.15) is 37.7 Å². The van der Waals surface area contributed by atoms with Crippen LogP contribution in [0.5, 0.6) is 11.5 Å². The van der Waals surface area contributed by atoms with Crippen molar-refractivity contribution in [1.29, 1.82) is 0 Å². The Morgan fingerprint density at radius 1 is 1.23 bits per heavy atom. The Labute approximate surface area is 130 Å². The Morgan fingerprint density at radius 3 is 2.82 bits per heavy atom. The second kappa shape index (κ2) is 4.40. The zero-order valence-electron chi connectivity index (χ0n) is 12.6. The summed E-state index contributed by atoms with van der Waals surface area (Å²) in [5.74, 6) is 3.81. The van der Waals surface area contributed by atoms with Crippen LogP contribution in [-0.2, 0) is 10.2 Å². The molecule has 1 aromatic carbocycles. The number of benzene rings is 1. The average molecular weight is 299 g/mol. The highest BCUT2D eigenvalue weighted by Gasteiger charge is 2.52. The van der Waals surface area contributed by atoms with Crippen molar-refractivity contribution in [3.8, 4) is 11.5 Å². The Hall–Kier alpha value is -1.71. The van der Waals surface area contributed by atoms with E-state index in [1.807, 2.05) is 6.07 Å². The molecule has 3 fully saturated rings. The van der Waals surface area contributed by atoms with E-state index >= 15 is 0 Å². The van der Waals surface area contributed by atoms with E-state index in [4.69, 9.17) is 9.47 Å². The lowest BCUT2D eigenvalue weighted by Gasteiger charge is -2.17. The first-order valence-corrected chi connectivity index (χ1v) is 8.43. The zero-order chi connectivity index (χ0) is 14.7. The summed E-state index contributed by atoms with van der Waals surface area (Å²) in [6.07, 6.45) is 6.09. The van der Waals surface area contributed by atoms with Gasteiger partial charge in [-0.1, -0.05) is 6.07 Å². The molecule has 116 valence electrons. The number of ether oxygens (including phenoxy) is 2. The van der Waals surface area contributed by atoms with Gasteiger partial charge >= 0.3 is 0 Å². The Balaban J connectivity index is 1.24. The van der Waals surface area contributed by atoms with Crippen molar-refractivity contribution in [3.05, 3.63) is 23.8 Å². The third kappa shape index (κ3) is 2.08. The third-order valence-corrected chi connectivity index (χ3v) is 5.84. The van der Waals surface area contributed by atoms with E-state index in [-0.39, 0.29) is 11.3 Å². The second-order valence-corrected chi connectivity index (χ2v) is 7.41. The molecule has 5 rings (SSSR count). The molecule has 1 aromatic rings. The highest BCUT2D eigenvalue weighted by molar-refractivity contribution is 5.81. The van der Waals surface area contributed by atoms with Gasteiger partial charge in [0.1, 0.15) is 0 Å². The fourth-order valence-electron chi connectivity index (χ4n) is 3.89. The van der Waals surface area contributed by atoms with Gasteiger partial charge in [-0.3, -0.25) is 4.79 Å². The van der Waals surface area contributed by atoms with Crippen molar-refractivity contribution in [2.45, 2.75) is 37.5 Å². The van der Waals surface area contributed by atoms with Crippen LogP contribution in [0.25, 0.3) is 0 Å². The first-order valence-electron chi connectivity index (χ1n) is 8.43. The smallest absolute Gasteiger partial charge is 0.231 e. The van der Waals surface area contributed by atoms with Crippen molar-refractivity contribution >= 4 is 5.91 Å². The van der Waals surface area contributed by atoms with Crippen LogP contribution >= 0.6 is 0 Å². The Morgan fingerprint density at radius 2 is 2.05 bits per heavy atom. The lowest BCUT2D eigenvalue weighted by molar-refractivity contribution is -0.122. The van der Waals surface area contributed by atoms with Gasteiger partial charge in [0.15, 0.2) is 11.5 Å². The first-order chi connectivity index (χ1) is 10.8. The number of fused-ring (bicyclic) bond motifs is 1. The van der Waals surface area contributed by atoms with Crippen molar-refractivity contribution < 1.29 is 14.3 Å². The van der Waals surface area contributed by atoms with Crippen LogP contribution in [0.15, 0.2) is 18.2 Å². The molecule has 0 unspecified atom stereocenters. The molecule has 22 heavy (non-hydrogen) atoms. The molecule has 0 radical (unpaired) electrons. The van der Waals surface area contributed by atoms with Crippen LogP contribution in [0, 0.1) is 17.8 Å². The summed E-state index contributed by atoms with van der Waals surface area (Å²) < 4.78 is 10.8. The minimum absolute atomic E-state index is 0.126. The van der Waals surface area contributed by atoms with Crippen LogP contribution < -0.4 is 14.8 Å². The summed E-state index contributed by atoms with van der Waals surface area (Å²) in [6.45, 7) is 1.08. The standard InChI is InChI=1S/C18H21NO3/c20-17(14-8-13(14)11-1-2-11)19-9-18(5-6-18)12-3-4-15-16(7-12)22-10-21-15/h3-4,7,11,13-14H,1-2,5-6,8-10H2,(H,19,20)/t13-,14+/m1/s1. The van der Waals surface area contributed by atoms with Gasteiger partial charge in [-0.2, -0.15) is 0 Å². The molecule has 0 spiro atoms. The molecule has 0 aromatic heterocycles. The van der Waals surface area contributed by atoms with Crippen LogP contribution in [-0.4, -0.2) is 19.2 Å². The van der Waals surface area contributed by atoms with E-state index in [1.165, 1.54) is 18.4 Å². The van der Waals surface area contributed by atoms with Crippen molar-refractivity contribution in [2.75, 3.05) is 13.3 Å². The molecule has 4 heteroatoms. The van der Waals surface area contributed by atoms with E-state index in [2.05, 4.69) is 17.4 Å². The fourth-order valence-corrected chi connectivity index (χ4v) is 3.89. The van der Waals surface area contributed by atoms with Crippen molar-refractivity contribution in [1.82, 2.24) is 5.32 Å². The average Bonchev–Trinajstić information content (AvgIpc) is 3.40. The molecule has 4 nitrogen and oxygen atoms in total. The molecule has 1 heterocycles. The van der Waals surface area contributed by atoms with Gasteiger partial charge in [0.05, 0.1) is 0 Å². The summed E-state index contributed by atoms with van der Waals surface area (Å²) in [4.78, 5) is 12.3. The predicted octanol–water partition coefficient (Wildman–Crippen LogP) is 2.61. The maximum Gasteiger partial charge on any atom is 0.231 e. The molecule has 3 aliphatic carbocycles. The summed E-state index contributed by atoms with van der Waals surface area (Å²) in [5, 5.41) is 3.22. The molecular formula is C18H21NO3. The molecule has 1 aliphatic heterocycles. The summed E-state index contributed by atoms with van der Waals surface area (Å²) in [6, 6.07) is 6.20. The number of rotatable bonds is 5. The summed E-state index contributed by atoms with van der Waals surface area (Å²) in [5.41, 5.74) is 1.40.